The first kappa shape index (κ1) is 19.1. The van der Waals surface area contributed by atoms with E-state index >= 15 is 0 Å². The smallest absolute Gasteiger partial charge is 0.287 e. The maximum atomic E-state index is 12.3. The lowest BCUT2D eigenvalue weighted by molar-refractivity contribution is 0.0922. The van der Waals surface area contributed by atoms with Gasteiger partial charge in [0.15, 0.2) is 5.76 Å². The average Bonchev–Trinajstić information content (AvgIpc) is 3.15. The van der Waals surface area contributed by atoms with Gasteiger partial charge < -0.3 is 14.5 Å². The van der Waals surface area contributed by atoms with Crippen molar-refractivity contribution >= 4 is 17.7 Å². The molecule has 0 saturated heterocycles. The van der Waals surface area contributed by atoms with Crippen LogP contribution in [-0.4, -0.2) is 13.0 Å². The van der Waals surface area contributed by atoms with E-state index in [1.807, 2.05) is 30.3 Å². The molecular formula is C22H23NO3S. The van der Waals surface area contributed by atoms with E-state index in [1.54, 1.807) is 24.9 Å². The van der Waals surface area contributed by atoms with Crippen LogP contribution in [-0.2, 0) is 18.1 Å². The molecule has 27 heavy (non-hydrogen) atoms. The van der Waals surface area contributed by atoms with Gasteiger partial charge in [-0.2, -0.15) is 0 Å². The molecule has 140 valence electrons. The van der Waals surface area contributed by atoms with Crippen LogP contribution in [0.15, 0.2) is 65.1 Å². The molecule has 1 aromatic heterocycles. The minimum absolute atomic E-state index is 0.208. The highest BCUT2D eigenvalue weighted by molar-refractivity contribution is 7.97. The second-order valence-electron chi connectivity index (χ2n) is 6.28. The molecule has 0 fully saturated rings. The van der Waals surface area contributed by atoms with Gasteiger partial charge in [-0.05, 0) is 42.3 Å². The molecule has 0 aliphatic rings. The van der Waals surface area contributed by atoms with E-state index in [0.717, 1.165) is 28.6 Å². The number of hydrogen-bond acceptors (Lipinski definition) is 4. The van der Waals surface area contributed by atoms with Crippen molar-refractivity contribution in [3.05, 3.63) is 88.9 Å². The second-order valence-corrected chi connectivity index (χ2v) is 7.26. The molecule has 0 radical (unpaired) electrons. The number of aryl methyl sites for hydroxylation is 1. The summed E-state index contributed by atoms with van der Waals surface area (Å²) in [7, 11) is 1.63. The van der Waals surface area contributed by atoms with Gasteiger partial charge in [-0.3, -0.25) is 4.79 Å². The lowest BCUT2D eigenvalue weighted by Crippen LogP contribution is -2.22. The Balaban J connectivity index is 1.46. The van der Waals surface area contributed by atoms with Crippen molar-refractivity contribution in [2.45, 2.75) is 25.0 Å². The molecule has 1 N–H and O–H groups in total. The fourth-order valence-electron chi connectivity index (χ4n) is 2.66. The van der Waals surface area contributed by atoms with Crippen molar-refractivity contribution in [2.75, 3.05) is 7.11 Å². The Kier molecular flexibility index (Phi) is 6.60. The highest BCUT2D eigenvalue weighted by atomic mass is 32.2. The number of ether oxygens (including phenoxy) is 1. The van der Waals surface area contributed by atoms with Crippen molar-refractivity contribution in [3.8, 4) is 5.75 Å². The number of furan rings is 1. The fraction of sp³-hybridized carbons (Fsp3) is 0.227. The number of carbonyl (C=O) groups is 1. The van der Waals surface area contributed by atoms with Crippen molar-refractivity contribution in [2.24, 2.45) is 0 Å². The van der Waals surface area contributed by atoms with Gasteiger partial charge in [-0.15, -0.1) is 11.8 Å². The van der Waals surface area contributed by atoms with Crippen LogP contribution >= 0.6 is 11.8 Å². The van der Waals surface area contributed by atoms with E-state index in [0.29, 0.717) is 12.3 Å². The van der Waals surface area contributed by atoms with Crippen LogP contribution in [0.1, 0.15) is 33.0 Å². The molecule has 3 rings (SSSR count). The van der Waals surface area contributed by atoms with E-state index in [-0.39, 0.29) is 5.91 Å². The van der Waals surface area contributed by atoms with Crippen LogP contribution in [0.4, 0.5) is 0 Å². The number of carbonyl (C=O) groups excluding carboxylic acids is 1. The summed E-state index contributed by atoms with van der Waals surface area (Å²) < 4.78 is 10.8. The molecule has 0 spiro atoms. The molecule has 0 saturated carbocycles. The number of benzene rings is 2. The Morgan fingerprint density at radius 1 is 1.04 bits per heavy atom. The van der Waals surface area contributed by atoms with Gasteiger partial charge in [-0.25, -0.2) is 0 Å². The van der Waals surface area contributed by atoms with Gasteiger partial charge in [-0.1, -0.05) is 42.0 Å². The molecule has 0 bridgehead atoms. The van der Waals surface area contributed by atoms with Crippen molar-refractivity contribution in [3.63, 3.8) is 0 Å². The van der Waals surface area contributed by atoms with Gasteiger partial charge >= 0.3 is 0 Å². The molecule has 1 amide bonds. The van der Waals surface area contributed by atoms with E-state index in [9.17, 15) is 4.79 Å². The minimum Gasteiger partial charge on any atom is -0.497 e. The zero-order valence-corrected chi connectivity index (χ0v) is 16.3. The Morgan fingerprint density at radius 2 is 1.85 bits per heavy atom. The number of nitrogens with one attached hydrogen (secondary N) is 1. The Labute approximate surface area is 163 Å². The predicted octanol–water partition coefficient (Wildman–Crippen LogP) is 4.96. The summed E-state index contributed by atoms with van der Waals surface area (Å²) in [6.07, 6.45) is 0. The van der Waals surface area contributed by atoms with Gasteiger partial charge in [0.2, 0.25) is 0 Å². The maximum Gasteiger partial charge on any atom is 0.287 e. The highest BCUT2D eigenvalue weighted by Crippen LogP contribution is 2.20. The van der Waals surface area contributed by atoms with Gasteiger partial charge in [0.1, 0.15) is 11.5 Å². The first-order valence-corrected chi connectivity index (χ1v) is 9.92. The van der Waals surface area contributed by atoms with E-state index in [4.69, 9.17) is 9.15 Å². The lowest BCUT2D eigenvalue weighted by atomic mass is 10.2. The summed E-state index contributed by atoms with van der Waals surface area (Å²) in [5, 5.41) is 2.87. The summed E-state index contributed by atoms with van der Waals surface area (Å²) >= 11 is 1.77. The van der Waals surface area contributed by atoms with Crippen LogP contribution in [0.5, 0.6) is 5.75 Å². The number of rotatable bonds is 8. The highest BCUT2D eigenvalue weighted by Gasteiger charge is 2.11. The third-order valence-corrected chi connectivity index (χ3v) is 5.12. The molecule has 1 heterocycles. The first-order chi connectivity index (χ1) is 13.1. The molecule has 0 aliphatic heterocycles. The van der Waals surface area contributed by atoms with Crippen LogP contribution in [0.3, 0.4) is 0 Å². The average molecular weight is 381 g/mol. The molecule has 3 aromatic rings. The maximum absolute atomic E-state index is 12.3. The Morgan fingerprint density at radius 3 is 2.59 bits per heavy atom. The van der Waals surface area contributed by atoms with E-state index in [1.165, 1.54) is 11.1 Å². The number of amides is 1. The Hall–Kier alpha value is -2.66. The van der Waals surface area contributed by atoms with Crippen molar-refractivity contribution in [1.29, 1.82) is 0 Å². The number of hydrogen-bond donors (Lipinski definition) is 1. The zero-order valence-electron chi connectivity index (χ0n) is 15.5. The summed E-state index contributed by atoms with van der Waals surface area (Å²) in [6.45, 7) is 2.54. The van der Waals surface area contributed by atoms with E-state index in [2.05, 4.69) is 36.5 Å². The zero-order chi connectivity index (χ0) is 19.1. The van der Waals surface area contributed by atoms with Gasteiger partial charge in [0, 0.05) is 12.3 Å². The topological polar surface area (TPSA) is 51.5 Å². The molecule has 0 unspecified atom stereocenters. The van der Waals surface area contributed by atoms with Crippen LogP contribution in [0.2, 0.25) is 0 Å². The standard InChI is InChI=1S/C22H23NO3S/c1-16-4-3-5-18(12-16)14-27-15-20-10-11-21(26-20)22(24)23-13-17-6-8-19(25-2)9-7-17/h3-12H,13-15H2,1-2H3,(H,23,24). The summed E-state index contributed by atoms with van der Waals surface area (Å²) in [5.74, 6) is 3.39. The lowest BCUT2D eigenvalue weighted by Gasteiger charge is -2.05. The van der Waals surface area contributed by atoms with Crippen molar-refractivity contribution in [1.82, 2.24) is 5.32 Å². The molecule has 0 atom stereocenters. The number of methoxy groups -OCH3 is 1. The molecule has 2 aromatic carbocycles. The van der Waals surface area contributed by atoms with Crippen LogP contribution < -0.4 is 10.1 Å². The van der Waals surface area contributed by atoms with Crippen LogP contribution in [0, 0.1) is 6.92 Å². The molecular weight excluding hydrogens is 358 g/mol. The molecule has 5 heteroatoms. The minimum atomic E-state index is -0.208. The Bertz CT molecular complexity index is 887. The fourth-order valence-corrected chi connectivity index (χ4v) is 3.54. The molecule has 4 nitrogen and oxygen atoms in total. The molecule has 0 aliphatic carbocycles. The second kappa shape index (κ2) is 9.33. The first-order valence-electron chi connectivity index (χ1n) is 8.77. The SMILES string of the molecule is COc1ccc(CNC(=O)c2ccc(CSCc3cccc(C)c3)o2)cc1. The van der Waals surface area contributed by atoms with Crippen molar-refractivity contribution < 1.29 is 13.9 Å². The largest absolute Gasteiger partial charge is 0.497 e. The predicted molar refractivity (Wildman–Crippen MR) is 109 cm³/mol. The number of thioether (sulfide) groups is 1. The van der Waals surface area contributed by atoms with Crippen LogP contribution in [0.25, 0.3) is 0 Å². The normalized spacial score (nSPS) is 10.6. The third-order valence-electron chi connectivity index (χ3n) is 4.09. The van der Waals surface area contributed by atoms with Gasteiger partial charge in [0.25, 0.3) is 5.91 Å². The summed E-state index contributed by atoms with van der Waals surface area (Å²) in [6, 6.07) is 19.7. The summed E-state index contributed by atoms with van der Waals surface area (Å²) in [5.41, 5.74) is 3.57. The quantitative estimate of drug-likeness (QED) is 0.599. The van der Waals surface area contributed by atoms with Gasteiger partial charge in [0.05, 0.1) is 12.9 Å². The monoisotopic (exact) mass is 381 g/mol. The van der Waals surface area contributed by atoms with E-state index < -0.39 is 0 Å². The summed E-state index contributed by atoms with van der Waals surface area (Å²) in [4.78, 5) is 12.3. The third kappa shape index (κ3) is 5.66.